The van der Waals surface area contributed by atoms with Crippen LogP contribution in [0.3, 0.4) is 0 Å². The first-order chi connectivity index (χ1) is 6.47. The standard InChI is InChI=1S/C8H7F4NO/c9-6-1-3-13-7(5-6)14-4-2-8(10,11)12/h1,3,5H,2,4H2. The molecule has 0 N–H and O–H groups in total. The smallest absolute Gasteiger partial charge is 0.392 e. The van der Waals surface area contributed by atoms with E-state index in [2.05, 4.69) is 9.72 Å². The van der Waals surface area contributed by atoms with E-state index in [4.69, 9.17) is 0 Å². The average Bonchev–Trinajstić information content (AvgIpc) is 2.01. The predicted molar refractivity (Wildman–Crippen MR) is 40.4 cm³/mol. The first-order valence-electron chi connectivity index (χ1n) is 3.78. The van der Waals surface area contributed by atoms with E-state index in [1.807, 2.05) is 0 Å². The molecular weight excluding hydrogens is 202 g/mol. The molecular formula is C8H7F4NO. The minimum atomic E-state index is -4.27. The van der Waals surface area contributed by atoms with Crippen LogP contribution in [-0.2, 0) is 0 Å². The van der Waals surface area contributed by atoms with Gasteiger partial charge >= 0.3 is 6.18 Å². The second-order valence-electron chi connectivity index (χ2n) is 2.53. The van der Waals surface area contributed by atoms with Gasteiger partial charge in [-0.2, -0.15) is 13.2 Å². The predicted octanol–water partition coefficient (Wildman–Crippen LogP) is 2.55. The third kappa shape index (κ3) is 4.06. The number of hydrogen-bond acceptors (Lipinski definition) is 2. The summed E-state index contributed by atoms with van der Waals surface area (Å²) >= 11 is 0. The number of pyridine rings is 1. The SMILES string of the molecule is Fc1ccnc(OCCC(F)(F)F)c1. The lowest BCUT2D eigenvalue weighted by Crippen LogP contribution is -2.13. The summed E-state index contributed by atoms with van der Waals surface area (Å²) in [6.07, 6.45) is -4.23. The Bertz CT molecular complexity index is 300. The normalized spacial score (nSPS) is 11.4. The number of halogens is 4. The van der Waals surface area contributed by atoms with E-state index in [9.17, 15) is 17.6 Å². The molecule has 0 amide bonds. The summed E-state index contributed by atoms with van der Waals surface area (Å²) in [7, 11) is 0. The van der Waals surface area contributed by atoms with Crippen molar-refractivity contribution in [2.45, 2.75) is 12.6 Å². The first kappa shape index (κ1) is 10.7. The van der Waals surface area contributed by atoms with Crippen LogP contribution in [0.15, 0.2) is 18.3 Å². The van der Waals surface area contributed by atoms with Gasteiger partial charge in [0, 0.05) is 12.3 Å². The van der Waals surface area contributed by atoms with Crippen molar-refractivity contribution in [2.75, 3.05) is 6.61 Å². The zero-order chi connectivity index (χ0) is 10.6. The third-order valence-corrected chi connectivity index (χ3v) is 1.33. The molecule has 0 saturated heterocycles. The first-order valence-corrected chi connectivity index (χ1v) is 3.78. The van der Waals surface area contributed by atoms with Gasteiger partial charge < -0.3 is 4.74 Å². The number of hydrogen-bond donors (Lipinski definition) is 0. The van der Waals surface area contributed by atoms with Crippen molar-refractivity contribution >= 4 is 0 Å². The molecule has 2 nitrogen and oxygen atoms in total. The molecule has 0 saturated carbocycles. The van der Waals surface area contributed by atoms with E-state index in [0.29, 0.717) is 0 Å². The lowest BCUT2D eigenvalue weighted by Gasteiger charge is -2.07. The molecule has 1 aromatic rings. The monoisotopic (exact) mass is 209 g/mol. The van der Waals surface area contributed by atoms with Gasteiger partial charge in [0.2, 0.25) is 5.88 Å². The molecule has 0 radical (unpaired) electrons. The van der Waals surface area contributed by atoms with Crippen LogP contribution < -0.4 is 4.74 Å². The topological polar surface area (TPSA) is 22.1 Å². The van der Waals surface area contributed by atoms with Crippen LogP contribution >= 0.6 is 0 Å². The van der Waals surface area contributed by atoms with Crippen LogP contribution in [0.25, 0.3) is 0 Å². The Hall–Kier alpha value is -1.33. The highest BCUT2D eigenvalue weighted by Crippen LogP contribution is 2.19. The summed E-state index contributed by atoms with van der Waals surface area (Å²) in [5.41, 5.74) is 0. The summed E-state index contributed by atoms with van der Waals surface area (Å²) in [4.78, 5) is 3.53. The fraction of sp³-hybridized carbons (Fsp3) is 0.375. The molecule has 6 heteroatoms. The molecule has 0 aliphatic heterocycles. The minimum Gasteiger partial charge on any atom is -0.477 e. The number of nitrogens with zero attached hydrogens (tertiary/aromatic N) is 1. The Morgan fingerprint density at radius 1 is 1.36 bits per heavy atom. The highest BCUT2D eigenvalue weighted by atomic mass is 19.4. The van der Waals surface area contributed by atoms with Crippen molar-refractivity contribution < 1.29 is 22.3 Å². The fourth-order valence-corrected chi connectivity index (χ4v) is 0.736. The maximum absolute atomic E-state index is 12.5. The maximum atomic E-state index is 12.5. The van der Waals surface area contributed by atoms with Gasteiger partial charge in [-0.3, -0.25) is 0 Å². The van der Waals surface area contributed by atoms with Crippen molar-refractivity contribution in [3.63, 3.8) is 0 Å². The van der Waals surface area contributed by atoms with Crippen molar-refractivity contribution in [3.05, 3.63) is 24.1 Å². The summed E-state index contributed by atoms with van der Waals surface area (Å²) in [5.74, 6) is -0.740. The third-order valence-electron chi connectivity index (χ3n) is 1.33. The van der Waals surface area contributed by atoms with Crippen molar-refractivity contribution in [2.24, 2.45) is 0 Å². The van der Waals surface area contributed by atoms with E-state index in [-0.39, 0.29) is 5.88 Å². The molecule has 0 aliphatic rings. The van der Waals surface area contributed by atoms with Gasteiger partial charge in [-0.1, -0.05) is 0 Å². The summed E-state index contributed by atoms with van der Waals surface area (Å²) in [6, 6.07) is 2.01. The molecule has 78 valence electrons. The van der Waals surface area contributed by atoms with E-state index in [0.717, 1.165) is 18.3 Å². The van der Waals surface area contributed by atoms with Gasteiger partial charge in [-0.25, -0.2) is 9.37 Å². The summed E-state index contributed by atoms with van der Waals surface area (Å²) in [6.45, 7) is -0.556. The Balaban J connectivity index is 2.39. The molecule has 0 atom stereocenters. The highest BCUT2D eigenvalue weighted by Gasteiger charge is 2.26. The van der Waals surface area contributed by atoms with Gasteiger partial charge in [0.15, 0.2) is 0 Å². The van der Waals surface area contributed by atoms with E-state index < -0.39 is 25.0 Å². The van der Waals surface area contributed by atoms with Crippen LogP contribution in [0.2, 0.25) is 0 Å². The van der Waals surface area contributed by atoms with Gasteiger partial charge in [0.05, 0.1) is 13.0 Å². The molecule has 1 aromatic heterocycles. The Morgan fingerprint density at radius 2 is 2.07 bits per heavy atom. The fourth-order valence-electron chi connectivity index (χ4n) is 0.736. The van der Waals surface area contributed by atoms with Crippen LogP contribution in [-0.4, -0.2) is 17.8 Å². The largest absolute Gasteiger partial charge is 0.477 e. The van der Waals surface area contributed by atoms with Crippen molar-refractivity contribution in [1.29, 1.82) is 0 Å². The molecule has 1 heterocycles. The van der Waals surface area contributed by atoms with E-state index >= 15 is 0 Å². The van der Waals surface area contributed by atoms with Gasteiger partial charge in [0.25, 0.3) is 0 Å². The highest BCUT2D eigenvalue weighted by molar-refractivity contribution is 5.11. The van der Waals surface area contributed by atoms with Crippen LogP contribution in [0.5, 0.6) is 5.88 Å². The molecule has 1 rings (SSSR count). The Morgan fingerprint density at radius 3 is 2.64 bits per heavy atom. The minimum absolute atomic E-state index is 0.144. The zero-order valence-corrected chi connectivity index (χ0v) is 7.01. The summed E-state index contributed by atoms with van der Waals surface area (Å²) < 4.78 is 52.1. The van der Waals surface area contributed by atoms with Gasteiger partial charge in [-0.15, -0.1) is 0 Å². The number of aromatic nitrogens is 1. The van der Waals surface area contributed by atoms with Crippen LogP contribution in [0.4, 0.5) is 17.6 Å². The van der Waals surface area contributed by atoms with Crippen molar-refractivity contribution in [3.8, 4) is 5.88 Å². The zero-order valence-electron chi connectivity index (χ0n) is 7.01. The molecule has 0 unspecified atom stereocenters. The number of rotatable bonds is 3. The maximum Gasteiger partial charge on any atom is 0.392 e. The van der Waals surface area contributed by atoms with Gasteiger partial charge in [-0.05, 0) is 6.07 Å². The van der Waals surface area contributed by atoms with E-state index in [1.54, 1.807) is 0 Å². The molecule has 0 spiro atoms. The number of alkyl halides is 3. The van der Waals surface area contributed by atoms with Crippen molar-refractivity contribution in [1.82, 2.24) is 4.98 Å². The van der Waals surface area contributed by atoms with Gasteiger partial charge in [0.1, 0.15) is 5.82 Å². The molecule has 0 fully saturated rings. The molecule has 0 aliphatic carbocycles. The molecule has 0 bridgehead atoms. The second-order valence-corrected chi connectivity index (χ2v) is 2.53. The molecule has 14 heavy (non-hydrogen) atoms. The second kappa shape index (κ2) is 4.26. The lowest BCUT2D eigenvalue weighted by atomic mass is 10.4. The molecule has 0 aromatic carbocycles. The quantitative estimate of drug-likeness (QED) is 0.713. The van der Waals surface area contributed by atoms with Crippen LogP contribution in [0, 0.1) is 5.82 Å². The average molecular weight is 209 g/mol. The van der Waals surface area contributed by atoms with E-state index in [1.165, 1.54) is 0 Å². The lowest BCUT2D eigenvalue weighted by molar-refractivity contribution is -0.139. The van der Waals surface area contributed by atoms with Crippen LogP contribution in [0.1, 0.15) is 6.42 Å². The Labute approximate surface area is 77.5 Å². The Kier molecular flexibility index (Phi) is 3.27. The number of ether oxygens (including phenoxy) is 1. The summed E-state index contributed by atoms with van der Waals surface area (Å²) in [5, 5.41) is 0.